The number of hydrogen-bond acceptors (Lipinski definition) is 2. The molecule has 0 heterocycles. The molecule has 186 valence electrons. The summed E-state index contributed by atoms with van der Waals surface area (Å²) >= 11 is 0. The van der Waals surface area contributed by atoms with Crippen molar-refractivity contribution < 1.29 is 5.11 Å². The molecule has 0 aliphatic rings. The number of benzene rings is 4. The van der Waals surface area contributed by atoms with Gasteiger partial charge < -0.3 is 10.0 Å². The van der Waals surface area contributed by atoms with Crippen molar-refractivity contribution in [2.24, 2.45) is 0 Å². The summed E-state index contributed by atoms with van der Waals surface area (Å²) in [6.45, 7) is 15.4. The lowest BCUT2D eigenvalue weighted by molar-refractivity contribution is 0.449. The molecule has 0 saturated carbocycles. The predicted molar refractivity (Wildman–Crippen MR) is 159 cm³/mol. The van der Waals surface area contributed by atoms with Gasteiger partial charge in [0.1, 0.15) is 5.75 Å². The molecule has 0 aliphatic heterocycles. The average molecular weight is 496 g/mol. The fourth-order valence-corrected chi connectivity index (χ4v) is 5.81. The summed E-state index contributed by atoms with van der Waals surface area (Å²) in [7, 11) is 0.315. The van der Waals surface area contributed by atoms with Gasteiger partial charge in [-0.2, -0.15) is 0 Å². The first-order valence-corrected chi connectivity index (χ1v) is 13.6. The van der Waals surface area contributed by atoms with Gasteiger partial charge in [0.05, 0.1) is 5.69 Å². The van der Waals surface area contributed by atoms with Crippen molar-refractivity contribution >= 4 is 36.3 Å². The van der Waals surface area contributed by atoms with Crippen LogP contribution in [0.5, 0.6) is 5.75 Å². The molecule has 1 unspecified atom stereocenters. The number of phenolic OH excluding ortho intramolecular Hbond substituents is 1. The lowest BCUT2D eigenvalue weighted by Gasteiger charge is -2.30. The van der Waals surface area contributed by atoms with Crippen molar-refractivity contribution in [3.05, 3.63) is 108 Å². The third-order valence-corrected chi connectivity index (χ3v) is 8.12. The number of phenols is 1. The van der Waals surface area contributed by atoms with E-state index in [1.54, 1.807) is 0 Å². The maximum atomic E-state index is 11.5. The molecule has 0 aliphatic carbocycles. The van der Waals surface area contributed by atoms with Gasteiger partial charge in [-0.25, -0.2) is 0 Å². The SMILES string of the molecule is Cc1cccc(N(c2ccccc2)c2ccccc2)c1Pc1cc(C(C)(C)C)cc(C(C)(C)C)c1O. The second-order valence-electron chi connectivity index (χ2n) is 11.5. The van der Waals surface area contributed by atoms with E-state index in [9.17, 15) is 5.11 Å². The predicted octanol–water partition coefficient (Wildman–Crippen LogP) is 8.39. The van der Waals surface area contributed by atoms with Crippen LogP contribution in [0.15, 0.2) is 91.0 Å². The van der Waals surface area contributed by atoms with Gasteiger partial charge in [-0.3, -0.25) is 0 Å². The Balaban J connectivity index is 1.92. The Kier molecular flexibility index (Phi) is 7.30. The van der Waals surface area contributed by atoms with Crippen molar-refractivity contribution in [2.75, 3.05) is 4.90 Å². The molecule has 0 bridgehead atoms. The van der Waals surface area contributed by atoms with E-state index in [0.29, 0.717) is 14.3 Å². The molecule has 4 rings (SSSR count). The highest BCUT2D eigenvalue weighted by atomic mass is 31.1. The van der Waals surface area contributed by atoms with E-state index >= 15 is 0 Å². The molecular formula is C33H38NOP. The van der Waals surface area contributed by atoms with Crippen LogP contribution in [-0.2, 0) is 10.8 Å². The summed E-state index contributed by atoms with van der Waals surface area (Å²) in [5.41, 5.74) is 6.69. The first kappa shape index (κ1) is 26.0. The van der Waals surface area contributed by atoms with E-state index in [-0.39, 0.29) is 10.8 Å². The van der Waals surface area contributed by atoms with Crippen LogP contribution in [0.1, 0.15) is 58.2 Å². The number of para-hydroxylation sites is 2. The van der Waals surface area contributed by atoms with Gasteiger partial charge in [0.2, 0.25) is 0 Å². The number of rotatable bonds is 5. The molecule has 0 amide bonds. The van der Waals surface area contributed by atoms with Crippen LogP contribution in [0.2, 0.25) is 0 Å². The molecule has 0 saturated heterocycles. The summed E-state index contributed by atoms with van der Waals surface area (Å²) in [6, 6.07) is 31.9. The number of nitrogens with zero attached hydrogens (tertiary/aromatic N) is 1. The van der Waals surface area contributed by atoms with Gasteiger partial charge in [0.15, 0.2) is 0 Å². The fourth-order valence-electron chi connectivity index (χ4n) is 4.45. The van der Waals surface area contributed by atoms with Gasteiger partial charge in [0, 0.05) is 27.5 Å². The molecule has 0 radical (unpaired) electrons. The Hall–Kier alpha value is -3.09. The van der Waals surface area contributed by atoms with Crippen LogP contribution in [0.3, 0.4) is 0 Å². The summed E-state index contributed by atoms with van der Waals surface area (Å²) in [6.07, 6.45) is 0. The molecule has 2 nitrogen and oxygen atoms in total. The van der Waals surface area contributed by atoms with Gasteiger partial charge in [-0.05, 0) is 65.3 Å². The van der Waals surface area contributed by atoms with Crippen LogP contribution >= 0.6 is 8.58 Å². The van der Waals surface area contributed by atoms with Crippen molar-refractivity contribution in [3.8, 4) is 5.75 Å². The largest absolute Gasteiger partial charge is 0.507 e. The summed E-state index contributed by atoms with van der Waals surface area (Å²) < 4.78 is 0. The fraction of sp³-hybridized carbons (Fsp3) is 0.273. The number of anilines is 3. The molecule has 4 aromatic rings. The first-order chi connectivity index (χ1) is 17.0. The molecule has 1 N–H and O–H groups in total. The number of aryl methyl sites for hydroxylation is 1. The van der Waals surface area contributed by atoms with E-state index in [2.05, 4.69) is 144 Å². The maximum Gasteiger partial charge on any atom is 0.127 e. The highest BCUT2D eigenvalue weighted by molar-refractivity contribution is 7.56. The van der Waals surface area contributed by atoms with E-state index in [0.717, 1.165) is 27.9 Å². The van der Waals surface area contributed by atoms with Crippen LogP contribution in [0.4, 0.5) is 17.1 Å². The van der Waals surface area contributed by atoms with Crippen molar-refractivity contribution in [3.63, 3.8) is 0 Å². The van der Waals surface area contributed by atoms with Crippen molar-refractivity contribution in [1.29, 1.82) is 0 Å². The molecule has 0 aromatic heterocycles. The lowest BCUT2D eigenvalue weighted by Crippen LogP contribution is -2.23. The van der Waals surface area contributed by atoms with Gasteiger partial charge >= 0.3 is 0 Å². The third-order valence-electron chi connectivity index (χ3n) is 6.56. The van der Waals surface area contributed by atoms with Crippen LogP contribution < -0.4 is 15.5 Å². The minimum atomic E-state index is -0.154. The molecule has 3 heteroatoms. The van der Waals surface area contributed by atoms with E-state index in [1.165, 1.54) is 16.4 Å². The Morgan fingerprint density at radius 2 is 1.22 bits per heavy atom. The van der Waals surface area contributed by atoms with Crippen LogP contribution in [-0.4, -0.2) is 5.11 Å². The molecule has 0 spiro atoms. The maximum absolute atomic E-state index is 11.5. The molecule has 36 heavy (non-hydrogen) atoms. The first-order valence-electron chi connectivity index (χ1n) is 12.6. The minimum absolute atomic E-state index is 0.0123. The quantitative estimate of drug-likeness (QED) is 0.281. The van der Waals surface area contributed by atoms with Gasteiger partial charge in [-0.1, -0.05) is 105 Å². The summed E-state index contributed by atoms with van der Waals surface area (Å²) in [4.78, 5) is 2.32. The van der Waals surface area contributed by atoms with Crippen molar-refractivity contribution in [1.82, 2.24) is 0 Å². The zero-order valence-electron chi connectivity index (χ0n) is 22.6. The summed E-state index contributed by atoms with van der Waals surface area (Å²) in [5, 5.41) is 13.8. The molecule has 1 atom stereocenters. The Labute approximate surface area is 218 Å². The van der Waals surface area contributed by atoms with Crippen LogP contribution in [0, 0.1) is 6.92 Å². The highest BCUT2D eigenvalue weighted by Gasteiger charge is 2.26. The summed E-state index contributed by atoms with van der Waals surface area (Å²) in [5.74, 6) is 0.425. The second kappa shape index (κ2) is 10.1. The standard InChI is InChI=1S/C33H38NOP/c1-23-15-14-20-28(34(25-16-10-8-11-17-25)26-18-12-9-13-19-26)31(23)36-29-22-24(32(2,3)4)21-27(30(29)35)33(5,6)7/h8-22,35-36H,1-7H3. The van der Waals surface area contributed by atoms with Gasteiger partial charge in [0.25, 0.3) is 0 Å². The number of hydrogen-bond donors (Lipinski definition) is 1. The average Bonchev–Trinajstić information content (AvgIpc) is 2.82. The molecule has 0 fully saturated rings. The van der Waals surface area contributed by atoms with E-state index in [4.69, 9.17) is 0 Å². The van der Waals surface area contributed by atoms with Crippen LogP contribution in [0.25, 0.3) is 0 Å². The van der Waals surface area contributed by atoms with E-state index in [1.807, 2.05) is 0 Å². The molecular weight excluding hydrogens is 457 g/mol. The van der Waals surface area contributed by atoms with Gasteiger partial charge in [-0.15, -0.1) is 0 Å². The number of aromatic hydroxyl groups is 1. The monoisotopic (exact) mass is 495 g/mol. The third kappa shape index (κ3) is 5.50. The normalized spacial score (nSPS) is 12.3. The lowest BCUT2D eigenvalue weighted by atomic mass is 9.80. The van der Waals surface area contributed by atoms with Crippen molar-refractivity contribution in [2.45, 2.75) is 59.3 Å². The zero-order chi connectivity index (χ0) is 26.1. The Morgan fingerprint density at radius 1 is 0.667 bits per heavy atom. The Morgan fingerprint density at radius 3 is 1.72 bits per heavy atom. The second-order valence-corrected chi connectivity index (χ2v) is 12.8. The topological polar surface area (TPSA) is 23.5 Å². The Bertz CT molecular complexity index is 1290. The molecule has 4 aromatic carbocycles. The highest BCUT2D eigenvalue weighted by Crippen LogP contribution is 2.40. The van der Waals surface area contributed by atoms with E-state index < -0.39 is 0 Å². The minimum Gasteiger partial charge on any atom is -0.507 e. The smallest absolute Gasteiger partial charge is 0.127 e. The zero-order valence-corrected chi connectivity index (χ0v) is 23.6.